The van der Waals surface area contributed by atoms with Gasteiger partial charge in [0.25, 0.3) is 0 Å². The molecule has 4 heteroatoms. The second-order valence-corrected chi connectivity index (χ2v) is 2.97. The molecular formula is C10H11N3O. The van der Waals surface area contributed by atoms with Crippen LogP contribution in [0.5, 0.6) is 0 Å². The lowest BCUT2D eigenvalue weighted by atomic mass is 10.1. The maximum atomic E-state index is 8.50. The van der Waals surface area contributed by atoms with E-state index in [2.05, 4.69) is 15.4 Å². The fourth-order valence-electron chi connectivity index (χ4n) is 1.29. The molecule has 14 heavy (non-hydrogen) atoms. The molecule has 0 saturated carbocycles. The zero-order chi connectivity index (χ0) is 9.80. The largest absolute Gasteiger partial charge is 0.345 e. The Balaban J connectivity index is 2.22. The van der Waals surface area contributed by atoms with Gasteiger partial charge in [-0.15, -0.1) is 0 Å². The molecule has 0 unspecified atom stereocenters. The van der Waals surface area contributed by atoms with Gasteiger partial charge >= 0.3 is 0 Å². The van der Waals surface area contributed by atoms with Gasteiger partial charge in [-0.1, -0.05) is 24.3 Å². The minimum Gasteiger partial charge on any atom is -0.345 e. The third-order valence-electron chi connectivity index (χ3n) is 2.01. The van der Waals surface area contributed by atoms with Gasteiger partial charge < -0.3 is 10.2 Å². The van der Waals surface area contributed by atoms with Crippen LogP contribution in [-0.4, -0.2) is 15.2 Å². The Morgan fingerprint density at radius 1 is 1.29 bits per heavy atom. The molecule has 0 saturated heterocycles. The topological polar surface area (TPSA) is 60.9 Å². The molecule has 72 valence electrons. The van der Waals surface area contributed by atoms with Crippen molar-refractivity contribution in [3.63, 3.8) is 0 Å². The highest BCUT2D eigenvalue weighted by molar-refractivity contribution is 5.54. The summed E-state index contributed by atoms with van der Waals surface area (Å²) in [5.41, 5.74) is 4.18. The van der Waals surface area contributed by atoms with Gasteiger partial charge in [0.2, 0.25) is 0 Å². The maximum absolute atomic E-state index is 8.50. The van der Waals surface area contributed by atoms with Gasteiger partial charge in [0.15, 0.2) is 0 Å². The third kappa shape index (κ3) is 1.81. The van der Waals surface area contributed by atoms with E-state index in [1.807, 2.05) is 24.3 Å². The van der Waals surface area contributed by atoms with E-state index in [-0.39, 0.29) is 0 Å². The first kappa shape index (κ1) is 8.93. The molecule has 0 bridgehead atoms. The van der Waals surface area contributed by atoms with Crippen molar-refractivity contribution in [2.24, 2.45) is 0 Å². The van der Waals surface area contributed by atoms with Crippen molar-refractivity contribution in [3.8, 4) is 11.4 Å². The molecule has 2 aromatic rings. The molecule has 0 spiro atoms. The SMILES string of the molecule is ONCc1ccc(-c2ncc[nH]2)cc1. The van der Waals surface area contributed by atoms with E-state index in [1.54, 1.807) is 12.4 Å². The smallest absolute Gasteiger partial charge is 0.137 e. The molecule has 0 amide bonds. The minimum atomic E-state index is 0.457. The molecule has 0 radical (unpaired) electrons. The Morgan fingerprint density at radius 3 is 2.64 bits per heavy atom. The summed E-state index contributed by atoms with van der Waals surface area (Å²) in [5, 5.41) is 8.50. The van der Waals surface area contributed by atoms with E-state index >= 15 is 0 Å². The summed E-state index contributed by atoms with van der Waals surface area (Å²) in [6, 6.07) is 7.82. The first-order chi connectivity index (χ1) is 6.90. The number of aromatic nitrogens is 2. The lowest BCUT2D eigenvalue weighted by Crippen LogP contribution is -2.05. The quantitative estimate of drug-likeness (QED) is 0.642. The summed E-state index contributed by atoms with van der Waals surface area (Å²) in [7, 11) is 0. The Hall–Kier alpha value is -1.65. The van der Waals surface area contributed by atoms with Crippen LogP contribution in [-0.2, 0) is 6.54 Å². The second-order valence-electron chi connectivity index (χ2n) is 2.97. The number of nitrogens with one attached hydrogen (secondary N) is 2. The summed E-state index contributed by atoms with van der Waals surface area (Å²) < 4.78 is 0. The molecule has 0 fully saturated rings. The van der Waals surface area contributed by atoms with Crippen LogP contribution >= 0.6 is 0 Å². The summed E-state index contributed by atoms with van der Waals surface area (Å²) in [5.74, 6) is 0.855. The minimum absolute atomic E-state index is 0.457. The van der Waals surface area contributed by atoms with Crippen molar-refractivity contribution < 1.29 is 5.21 Å². The second kappa shape index (κ2) is 4.04. The van der Waals surface area contributed by atoms with Crippen LogP contribution in [0.3, 0.4) is 0 Å². The maximum Gasteiger partial charge on any atom is 0.137 e. The predicted octanol–water partition coefficient (Wildman–Crippen LogP) is 1.56. The highest BCUT2D eigenvalue weighted by Crippen LogP contribution is 2.14. The van der Waals surface area contributed by atoms with Gasteiger partial charge in [-0.25, -0.2) is 10.5 Å². The van der Waals surface area contributed by atoms with Crippen LogP contribution in [0.15, 0.2) is 36.7 Å². The predicted molar refractivity (Wildman–Crippen MR) is 52.6 cm³/mol. The molecule has 1 aromatic carbocycles. The highest BCUT2D eigenvalue weighted by atomic mass is 16.5. The lowest BCUT2D eigenvalue weighted by Gasteiger charge is -2.00. The summed E-state index contributed by atoms with van der Waals surface area (Å²) in [6.45, 7) is 0.457. The van der Waals surface area contributed by atoms with E-state index in [9.17, 15) is 0 Å². The number of hydrogen-bond acceptors (Lipinski definition) is 3. The average Bonchev–Trinajstić information content (AvgIpc) is 2.72. The number of imidazole rings is 1. The highest BCUT2D eigenvalue weighted by Gasteiger charge is 1.98. The van der Waals surface area contributed by atoms with Gasteiger partial charge in [0.1, 0.15) is 5.82 Å². The number of aromatic amines is 1. The summed E-state index contributed by atoms with van der Waals surface area (Å²) in [4.78, 5) is 7.17. The van der Waals surface area contributed by atoms with Crippen LogP contribution in [0.4, 0.5) is 0 Å². The average molecular weight is 189 g/mol. The number of benzene rings is 1. The first-order valence-corrected chi connectivity index (χ1v) is 4.36. The zero-order valence-electron chi connectivity index (χ0n) is 7.57. The van der Waals surface area contributed by atoms with Gasteiger partial charge in [-0.3, -0.25) is 0 Å². The van der Waals surface area contributed by atoms with Crippen molar-refractivity contribution >= 4 is 0 Å². The number of nitrogens with zero attached hydrogens (tertiary/aromatic N) is 1. The van der Waals surface area contributed by atoms with Crippen LogP contribution in [0, 0.1) is 0 Å². The van der Waals surface area contributed by atoms with Gasteiger partial charge in [-0.2, -0.15) is 0 Å². The van der Waals surface area contributed by atoms with Crippen molar-refractivity contribution in [1.29, 1.82) is 0 Å². The summed E-state index contributed by atoms with van der Waals surface area (Å²) >= 11 is 0. The molecule has 4 nitrogen and oxygen atoms in total. The van der Waals surface area contributed by atoms with Gasteiger partial charge in [-0.05, 0) is 5.56 Å². The van der Waals surface area contributed by atoms with Crippen LogP contribution in [0.25, 0.3) is 11.4 Å². The fraction of sp³-hybridized carbons (Fsp3) is 0.100. The molecule has 3 N–H and O–H groups in total. The molecule has 1 heterocycles. The van der Waals surface area contributed by atoms with E-state index in [0.717, 1.165) is 17.0 Å². The molecule has 1 aromatic heterocycles. The summed E-state index contributed by atoms with van der Waals surface area (Å²) in [6.07, 6.45) is 3.51. The van der Waals surface area contributed by atoms with E-state index in [1.165, 1.54) is 0 Å². The molecule has 0 atom stereocenters. The lowest BCUT2D eigenvalue weighted by molar-refractivity contribution is 0.161. The van der Waals surface area contributed by atoms with Crippen LogP contribution < -0.4 is 5.48 Å². The van der Waals surface area contributed by atoms with Crippen molar-refractivity contribution in [2.75, 3.05) is 0 Å². The molecule has 2 rings (SSSR count). The number of H-pyrrole nitrogens is 1. The van der Waals surface area contributed by atoms with Gasteiger partial charge in [0, 0.05) is 24.5 Å². The number of rotatable bonds is 3. The molecule has 0 aliphatic carbocycles. The Labute approximate surface area is 81.6 Å². The van der Waals surface area contributed by atoms with Crippen molar-refractivity contribution in [2.45, 2.75) is 6.54 Å². The monoisotopic (exact) mass is 189 g/mol. The standard InChI is InChI=1S/C10H11N3O/c14-13-7-8-1-3-9(4-2-8)10-11-5-6-12-10/h1-6,13-14H,7H2,(H,11,12). The van der Waals surface area contributed by atoms with E-state index < -0.39 is 0 Å². The molecule has 0 aliphatic heterocycles. The normalized spacial score (nSPS) is 10.4. The van der Waals surface area contributed by atoms with Crippen LogP contribution in [0.2, 0.25) is 0 Å². The Bertz CT molecular complexity index is 380. The van der Waals surface area contributed by atoms with E-state index in [4.69, 9.17) is 5.21 Å². The fourth-order valence-corrected chi connectivity index (χ4v) is 1.29. The van der Waals surface area contributed by atoms with Crippen molar-refractivity contribution in [3.05, 3.63) is 42.2 Å². The van der Waals surface area contributed by atoms with Gasteiger partial charge in [0.05, 0.1) is 0 Å². The first-order valence-electron chi connectivity index (χ1n) is 4.36. The Morgan fingerprint density at radius 2 is 2.07 bits per heavy atom. The number of hydroxylamine groups is 1. The van der Waals surface area contributed by atoms with Crippen molar-refractivity contribution in [1.82, 2.24) is 15.4 Å². The molecular weight excluding hydrogens is 178 g/mol. The molecule has 0 aliphatic rings. The van der Waals surface area contributed by atoms with Crippen LogP contribution in [0.1, 0.15) is 5.56 Å². The Kier molecular flexibility index (Phi) is 2.58. The third-order valence-corrected chi connectivity index (χ3v) is 2.01. The zero-order valence-corrected chi connectivity index (χ0v) is 7.57. The van der Waals surface area contributed by atoms with E-state index in [0.29, 0.717) is 6.54 Å². The number of hydrogen-bond donors (Lipinski definition) is 3.